The summed E-state index contributed by atoms with van der Waals surface area (Å²) >= 11 is 6.10. The third kappa shape index (κ3) is 2.23. The molecule has 1 amide bonds. The number of hydrogen-bond acceptors (Lipinski definition) is 2. The van der Waals surface area contributed by atoms with Crippen LogP contribution in [0.1, 0.15) is 0 Å². The summed E-state index contributed by atoms with van der Waals surface area (Å²) in [5, 5.41) is 0.775. The number of piperazine rings is 1. The normalized spacial score (nSPS) is 16.6. The second kappa shape index (κ2) is 4.53. The summed E-state index contributed by atoms with van der Waals surface area (Å²) in [4.78, 5) is 14.5. The Hall–Kier alpha value is -1.22. The van der Waals surface area contributed by atoms with Gasteiger partial charge in [0.2, 0.25) is 6.41 Å². The zero-order valence-electron chi connectivity index (χ0n) is 8.40. The Morgan fingerprint density at radius 2 is 1.80 bits per heavy atom. The number of hydrogen-bond donors (Lipinski definition) is 0. The van der Waals surface area contributed by atoms with Crippen LogP contribution < -0.4 is 4.90 Å². The van der Waals surface area contributed by atoms with Gasteiger partial charge in [0.1, 0.15) is 0 Å². The number of anilines is 1. The molecular weight excluding hydrogens is 212 g/mol. The fourth-order valence-corrected chi connectivity index (χ4v) is 2.03. The molecule has 2 rings (SSSR count). The van der Waals surface area contributed by atoms with Crippen LogP contribution in [0.5, 0.6) is 0 Å². The highest BCUT2D eigenvalue weighted by Crippen LogP contribution is 2.25. The Morgan fingerprint density at radius 3 is 2.40 bits per heavy atom. The van der Waals surface area contributed by atoms with Crippen LogP contribution in [0.15, 0.2) is 24.3 Å². The summed E-state index contributed by atoms with van der Waals surface area (Å²) in [6.45, 7) is 3.24. The molecule has 0 saturated carbocycles. The molecule has 0 N–H and O–H groups in total. The molecule has 0 bridgehead atoms. The van der Waals surface area contributed by atoms with E-state index in [0.29, 0.717) is 0 Å². The predicted octanol–water partition coefficient (Wildman–Crippen LogP) is 1.62. The van der Waals surface area contributed by atoms with Crippen LogP contribution in [0, 0.1) is 0 Å². The molecule has 0 unspecified atom stereocenters. The third-order valence-corrected chi connectivity index (χ3v) is 2.98. The number of para-hydroxylation sites is 1. The fourth-order valence-electron chi connectivity index (χ4n) is 1.78. The Morgan fingerprint density at radius 1 is 1.13 bits per heavy atom. The lowest BCUT2D eigenvalue weighted by molar-refractivity contribution is -0.118. The number of carbonyl (C=O) groups is 1. The van der Waals surface area contributed by atoms with Gasteiger partial charge < -0.3 is 9.80 Å². The van der Waals surface area contributed by atoms with Gasteiger partial charge in [-0.25, -0.2) is 0 Å². The molecule has 1 aliphatic heterocycles. The van der Waals surface area contributed by atoms with E-state index in [-0.39, 0.29) is 0 Å². The van der Waals surface area contributed by atoms with Crippen LogP contribution in [0.25, 0.3) is 0 Å². The number of nitrogens with zero attached hydrogens (tertiary/aromatic N) is 2. The number of benzene rings is 1. The van der Waals surface area contributed by atoms with Gasteiger partial charge in [-0.3, -0.25) is 4.79 Å². The Labute approximate surface area is 94.2 Å². The predicted molar refractivity (Wildman–Crippen MR) is 61.3 cm³/mol. The topological polar surface area (TPSA) is 23.6 Å². The average Bonchev–Trinajstić information content (AvgIpc) is 2.30. The van der Waals surface area contributed by atoms with Crippen LogP contribution in [0.2, 0.25) is 5.02 Å². The maximum absolute atomic E-state index is 10.6. The minimum atomic E-state index is 0.773. The second-order valence-corrected chi connectivity index (χ2v) is 3.99. The summed E-state index contributed by atoms with van der Waals surface area (Å²) in [5.74, 6) is 0. The molecule has 3 nitrogen and oxygen atoms in total. The van der Waals surface area contributed by atoms with E-state index in [1.807, 2.05) is 24.3 Å². The van der Waals surface area contributed by atoms with E-state index in [4.69, 9.17) is 11.6 Å². The van der Waals surface area contributed by atoms with Crippen molar-refractivity contribution < 1.29 is 4.79 Å². The smallest absolute Gasteiger partial charge is 0.209 e. The first kappa shape index (κ1) is 10.3. The standard InChI is InChI=1S/C11H13ClN2O/c12-10-3-1-2-4-11(10)14-7-5-13(9-15)6-8-14/h1-4,9H,5-8H2. The van der Waals surface area contributed by atoms with Crippen LogP contribution >= 0.6 is 11.6 Å². The minimum Gasteiger partial charge on any atom is -0.367 e. The van der Waals surface area contributed by atoms with Gasteiger partial charge in [-0.1, -0.05) is 23.7 Å². The van der Waals surface area contributed by atoms with Crippen molar-refractivity contribution in [2.75, 3.05) is 31.1 Å². The molecule has 80 valence electrons. The van der Waals surface area contributed by atoms with E-state index in [1.165, 1.54) is 0 Å². The number of amides is 1. The molecule has 4 heteroatoms. The van der Waals surface area contributed by atoms with E-state index in [9.17, 15) is 4.79 Å². The van der Waals surface area contributed by atoms with Crippen molar-refractivity contribution in [1.29, 1.82) is 0 Å². The van der Waals surface area contributed by atoms with Crippen LogP contribution in [-0.2, 0) is 4.79 Å². The summed E-state index contributed by atoms with van der Waals surface area (Å²) in [6.07, 6.45) is 0.907. The molecule has 0 spiro atoms. The van der Waals surface area contributed by atoms with E-state index in [0.717, 1.165) is 43.3 Å². The van der Waals surface area contributed by atoms with Gasteiger partial charge in [-0.2, -0.15) is 0 Å². The largest absolute Gasteiger partial charge is 0.367 e. The van der Waals surface area contributed by atoms with Crippen molar-refractivity contribution >= 4 is 23.7 Å². The molecule has 1 aromatic carbocycles. The highest BCUT2D eigenvalue weighted by Gasteiger charge is 2.16. The van der Waals surface area contributed by atoms with Gasteiger partial charge in [-0.05, 0) is 12.1 Å². The van der Waals surface area contributed by atoms with Gasteiger partial charge in [0.25, 0.3) is 0 Å². The SMILES string of the molecule is O=CN1CCN(c2ccccc2Cl)CC1. The lowest BCUT2D eigenvalue weighted by atomic mass is 10.2. The highest BCUT2D eigenvalue weighted by molar-refractivity contribution is 6.33. The monoisotopic (exact) mass is 224 g/mol. The van der Waals surface area contributed by atoms with Gasteiger partial charge >= 0.3 is 0 Å². The molecule has 15 heavy (non-hydrogen) atoms. The molecule has 1 fully saturated rings. The number of halogens is 1. The summed E-state index contributed by atoms with van der Waals surface area (Å²) in [6, 6.07) is 7.81. The van der Waals surface area contributed by atoms with E-state index < -0.39 is 0 Å². The zero-order chi connectivity index (χ0) is 10.7. The summed E-state index contributed by atoms with van der Waals surface area (Å²) in [5.41, 5.74) is 1.06. The Balaban J connectivity index is 2.07. The Kier molecular flexibility index (Phi) is 3.11. The van der Waals surface area contributed by atoms with Crippen LogP contribution in [-0.4, -0.2) is 37.5 Å². The summed E-state index contributed by atoms with van der Waals surface area (Å²) in [7, 11) is 0. The lowest BCUT2D eigenvalue weighted by Gasteiger charge is -2.34. The van der Waals surface area contributed by atoms with Crippen molar-refractivity contribution in [2.45, 2.75) is 0 Å². The molecular formula is C11H13ClN2O. The molecule has 1 heterocycles. The second-order valence-electron chi connectivity index (χ2n) is 3.58. The third-order valence-electron chi connectivity index (χ3n) is 2.66. The van der Waals surface area contributed by atoms with E-state index >= 15 is 0 Å². The quantitative estimate of drug-likeness (QED) is 0.713. The fraction of sp³-hybridized carbons (Fsp3) is 0.364. The molecule has 0 radical (unpaired) electrons. The maximum atomic E-state index is 10.6. The summed E-state index contributed by atoms with van der Waals surface area (Å²) < 4.78 is 0. The van der Waals surface area contributed by atoms with Crippen molar-refractivity contribution in [3.05, 3.63) is 29.3 Å². The van der Waals surface area contributed by atoms with Crippen molar-refractivity contribution in [3.8, 4) is 0 Å². The van der Waals surface area contributed by atoms with Crippen LogP contribution in [0.4, 0.5) is 5.69 Å². The lowest BCUT2D eigenvalue weighted by Crippen LogP contribution is -2.45. The Bertz CT molecular complexity index is 348. The van der Waals surface area contributed by atoms with Gasteiger partial charge in [0.05, 0.1) is 10.7 Å². The van der Waals surface area contributed by atoms with E-state index in [2.05, 4.69) is 4.90 Å². The first-order valence-corrected chi connectivity index (χ1v) is 5.38. The average molecular weight is 225 g/mol. The number of carbonyl (C=O) groups excluding carboxylic acids is 1. The zero-order valence-corrected chi connectivity index (χ0v) is 9.15. The van der Waals surface area contributed by atoms with Gasteiger partial charge in [0, 0.05) is 26.2 Å². The molecule has 0 aromatic heterocycles. The highest BCUT2D eigenvalue weighted by atomic mass is 35.5. The molecule has 0 aliphatic carbocycles. The maximum Gasteiger partial charge on any atom is 0.209 e. The first-order valence-electron chi connectivity index (χ1n) is 5.00. The molecule has 1 aliphatic rings. The molecule has 1 saturated heterocycles. The number of rotatable bonds is 2. The molecule has 0 atom stereocenters. The van der Waals surface area contributed by atoms with Crippen molar-refractivity contribution in [2.24, 2.45) is 0 Å². The van der Waals surface area contributed by atoms with E-state index in [1.54, 1.807) is 4.90 Å². The van der Waals surface area contributed by atoms with Gasteiger partial charge in [-0.15, -0.1) is 0 Å². The van der Waals surface area contributed by atoms with Crippen molar-refractivity contribution in [1.82, 2.24) is 4.90 Å². The van der Waals surface area contributed by atoms with Crippen LogP contribution in [0.3, 0.4) is 0 Å². The van der Waals surface area contributed by atoms with Gasteiger partial charge in [0.15, 0.2) is 0 Å². The van der Waals surface area contributed by atoms with Crippen molar-refractivity contribution in [3.63, 3.8) is 0 Å². The molecule has 1 aromatic rings. The first-order chi connectivity index (χ1) is 7.31. The minimum absolute atomic E-state index is 0.773.